The van der Waals surface area contributed by atoms with Crippen molar-refractivity contribution < 1.29 is 37.8 Å². The number of hydrogen-bond donors (Lipinski definition) is 5. The highest BCUT2D eigenvalue weighted by molar-refractivity contribution is 6.33. The molecule has 0 aliphatic carbocycles. The molecule has 18 nitrogen and oxygen atoms in total. The smallest absolute Gasteiger partial charge is 0.271 e. The minimum absolute atomic E-state index is 0.0127. The van der Waals surface area contributed by atoms with Gasteiger partial charge in [0.15, 0.2) is 0 Å². The summed E-state index contributed by atoms with van der Waals surface area (Å²) in [7, 11) is 0. The fourth-order valence-electron chi connectivity index (χ4n) is 7.08. The first-order valence-corrected chi connectivity index (χ1v) is 23.7. The normalized spacial score (nSPS) is 14.3. The van der Waals surface area contributed by atoms with Crippen molar-refractivity contribution in [3.8, 4) is 22.3 Å². The van der Waals surface area contributed by atoms with Gasteiger partial charge in [0.1, 0.15) is 56.0 Å². The summed E-state index contributed by atoms with van der Waals surface area (Å²) in [6.07, 6.45) is 12.9. The third kappa shape index (κ3) is 13.0. The summed E-state index contributed by atoms with van der Waals surface area (Å²) >= 11 is 12.0. The van der Waals surface area contributed by atoms with E-state index in [0.29, 0.717) is 60.5 Å². The number of piperidine rings is 1. The first-order valence-electron chi connectivity index (χ1n) is 22.9. The van der Waals surface area contributed by atoms with E-state index in [1.54, 1.807) is 77.2 Å². The fraction of sp³-hybridized carbons (Fsp3) is 0.294. The minimum atomic E-state index is -2.63. The van der Waals surface area contributed by atoms with Crippen molar-refractivity contribution in [2.75, 3.05) is 18.0 Å². The number of amides is 3. The molecule has 6 aromatic heterocycles. The predicted octanol–water partition coefficient (Wildman–Crippen LogP) is 7.97. The van der Waals surface area contributed by atoms with Crippen molar-refractivity contribution in [3.63, 3.8) is 0 Å². The summed E-state index contributed by atoms with van der Waals surface area (Å²) in [5, 5.41) is 26.0. The van der Waals surface area contributed by atoms with Gasteiger partial charge in [-0.2, -0.15) is 0 Å². The third-order valence-corrected chi connectivity index (χ3v) is 12.7. The molecule has 2 unspecified atom stereocenters. The summed E-state index contributed by atoms with van der Waals surface area (Å²) in [6.45, 7) is 10.3. The van der Waals surface area contributed by atoms with Crippen LogP contribution in [0.2, 0.25) is 10.0 Å². The van der Waals surface area contributed by atoms with Crippen molar-refractivity contribution in [1.82, 2.24) is 55.5 Å². The van der Waals surface area contributed by atoms with E-state index in [-0.39, 0.29) is 48.0 Å². The molecule has 384 valence electrons. The van der Waals surface area contributed by atoms with Crippen LogP contribution in [0.5, 0.6) is 0 Å². The monoisotopic (exact) mass is 1050 g/mol. The number of fused-ring (bicyclic) bond motifs is 3. The number of carbonyl (C=O) groups excluding carboxylic acids is 3. The molecular weight excluding hydrogens is 1000 g/mol. The van der Waals surface area contributed by atoms with Crippen LogP contribution in [-0.4, -0.2) is 115 Å². The Balaban J connectivity index is 0.000000163. The molecule has 74 heavy (non-hydrogen) atoms. The van der Waals surface area contributed by atoms with Crippen LogP contribution < -0.4 is 21.3 Å². The second kappa shape index (κ2) is 22.3. The Morgan fingerprint density at radius 3 is 1.64 bits per heavy atom. The number of nitrogens with zero attached hydrogens (tertiary/aromatic N) is 10. The van der Waals surface area contributed by atoms with Gasteiger partial charge >= 0.3 is 0 Å². The maximum absolute atomic E-state index is 13.9. The number of pyridine rings is 3. The highest BCUT2D eigenvalue weighted by Crippen LogP contribution is 2.34. The highest BCUT2D eigenvalue weighted by Gasteiger charge is 2.35. The van der Waals surface area contributed by atoms with Gasteiger partial charge < -0.3 is 31.5 Å². The second-order valence-electron chi connectivity index (χ2n) is 18.4. The quantitative estimate of drug-likeness (QED) is 0.0870. The van der Waals surface area contributed by atoms with Crippen molar-refractivity contribution in [3.05, 3.63) is 131 Å². The number of nitrogens with one attached hydrogen (secondary N) is 2. The molecule has 1 aliphatic heterocycles. The molecular formula is C51H50Cl2F3N13O5. The van der Waals surface area contributed by atoms with E-state index >= 15 is 0 Å². The number of benzene rings is 2. The molecule has 1 aliphatic rings. The van der Waals surface area contributed by atoms with E-state index in [0.717, 1.165) is 5.56 Å². The maximum Gasteiger partial charge on any atom is 0.271 e. The lowest BCUT2D eigenvalue weighted by molar-refractivity contribution is -0.0220. The van der Waals surface area contributed by atoms with Gasteiger partial charge in [-0.05, 0) is 65.3 Å². The SMILES string of the molecule is CC(NC(=O)c1cnc2cncc(-c3ccc(Cl)c(F)c3)c2n1)C(C)(C)O.CC(NC(=O)c1cnc2cncc(-c3ccccc3Cl)c2n1)C(C)(C)O.NC(=O)c1cnc2cncc(N3CCC(F)(F)CC3)c2n1. The number of primary amides is 1. The molecule has 8 aromatic rings. The van der Waals surface area contributed by atoms with Crippen molar-refractivity contribution in [2.24, 2.45) is 5.73 Å². The van der Waals surface area contributed by atoms with E-state index in [1.165, 1.54) is 49.3 Å². The zero-order valence-electron chi connectivity index (χ0n) is 40.8. The maximum atomic E-state index is 13.9. The van der Waals surface area contributed by atoms with Gasteiger partial charge in [0.25, 0.3) is 23.6 Å². The molecule has 6 N–H and O–H groups in total. The first-order chi connectivity index (χ1) is 34.9. The lowest BCUT2D eigenvalue weighted by Gasteiger charge is -2.33. The zero-order valence-corrected chi connectivity index (χ0v) is 42.3. The molecule has 2 aromatic carbocycles. The van der Waals surface area contributed by atoms with Crippen LogP contribution in [0.15, 0.2) is 98.2 Å². The number of halogens is 5. The Kier molecular flexibility index (Phi) is 16.3. The van der Waals surface area contributed by atoms with Crippen LogP contribution in [0.1, 0.15) is 85.8 Å². The number of rotatable bonds is 10. The summed E-state index contributed by atoms with van der Waals surface area (Å²) < 4.78 is 40.3. The van der Waals surface area contributed by atoms with E-state index < -0.39 is 52.7 Å². The standard InChI is InChI=1S/C19H18ClFN4O2.C19H19ClN4O2.C13H13F2N5O/c1-10(19(2,3)27)24-18(26)16-9-23-15-8-22-7-12(17(15)25-16)11-4-5-13(20)14(21)6-11;1-11(19(2,3)26)23-18(25)16-10-22-15-9-21-8-13(17(15)24-16)12-6-4-5-7-14(12)20;14-13(15)1-3-20(4-2-13)10-7-17-5-8-11(10)19-9(6-18-8)12(16)21/h4-10,27H,1-3H3,(H,24,26);4-11,26H,1-3H3,(H,23,25);5-7H,1-4H2,(H2,16,21). The van der Waals surface area contributed by atoms with Crippen molar-refractivity contribution >= 4 is 79.7 Å². The topological polar surface area (TPSA) is 261 Å². The van der Waals surface area contributed by atoms with E-state index in [4.69, 9.17) is 28.9 Å². The number of alkyl halides is 2. The van der Waals surface area contributed by atoms with Gasteiger partial charge in [-0.3, -0.25) is 44.3 Å². The van der Waals surface area contributed by atoms with Gasteiger partial charge in [-0.25, -0.2) is 28.1 Å². The molecule has 1 saturated heterocycles. The Bertz CT molecular complexity index is 3390. The summed E-state index contributed by atoms with van der Waals surface area (Å²) in [6, 6.07) is 10.8. The fourth-order valence-corrected chi connectivity index (χ4v) is 7.44. The second-order valence-corrected chi connectivity index (χ2v) is 19.2. The number of anilines is 1. The van der Waals surface area contributed by atoms with Crippen LogP contribution in [0, 0.1) is 5.82 Å². The van der Waals surface area contributed by atoms with Crippen molar-refractivity contribution in [1.29, 1.82) is 0 Å². The number of aliphatic hydroxyl groups is 2. The predicted molar refractivity (Wildman–Crippen MR) is 274 cm³/mol. The van der Waals surface area contributed by atoms with Gasteiger partial charge in [-0.1, -0.05) is 47.5 Å². The molecule has 3 amide bonds. The molecule has 23 heteroatoms. The first kappa shape index (κ1) is 54.2. The lowest BCUT2D eigenvalue weighted by atomic mass is 10.0. The molecule has 7 heterocycles. The van der Waals surface area contributed by atoms with E-state index in [1.807, 2.05) is 18.2 Å². The van der Waals surface area contributed by atoms with Crippen molar-refractivity contribution in [2.45, 2.75) is 83.6 Å². The molecule has 2 atom stereocenters. The Morgan fingerprint density at radius 2 is 1.12 bits per heavy atom. The molecule has 0 bridgehead atoms. The van der Waals surface area contributed by atoms with Crippen LogP contribution in [0.4, 0.5) is 18.9 Å². The molecule has 0 spiro atoms. The summed E-state index contributed by atoms with van der Waals surface area (Å²) in [5.74, 6) is -4.75. The van der Waals surface area contributed by atoms with Crippen LogP contribution in [0.25, 0.3) is 55.4 Å². The highest BCUT2D eigenvalue weighted by atomic mass is 35.5. The lowest BCUT2D eigenvalue weighted by Crippen LogP contribution is -2.47. The summed E-state index contributed by atoms with van der Waals surface area (Å²) in [5.41, 5.74) is 9.39. The Morgan fingerprint density at radius 1 is 0.649 bits per heavy atom. The molecule has 0 radical (unpaired) electrons. The Labute approximate surface area is 432 Å². The van der Waals surface area contributed by atoms with E-state index in [9.17, 15) is 37.8 Å². The molecule has 9 rings (SSSR count). The van der Waals surface area contributed by atoms with Crippen LogP contribution in [-0.2, 0) is 0 Å². The molecule has 1 fully saturated rings. The van der Waals surface area contributed by atoms with Gasteiger partial charge in [0, 0.05) is 60.0 Å². The number of nitrogens with two attached hydrogens (primary N) is 1. The van der Waals surface area contributed by atoms with Crippen LogP contribution in [0.3, 0.4) is 0 Å². The zero-order chi connectivity index (χ0) is 53.7. The summed E-state index contributed by atoms with van der Waals surface area (Å²) in [4.78, 5) is 76.0. The average molecular weight is 1050 g/mol. The number of carbonyl (C=O) groups is 3. The van der Waals surface area contributed by atoms with Gasteiger partial charge in [0.05, 0.1) is 77.4 Å². The Hall–Kier alpha value is -7.59. The molecule has 0 saturated carbocycles. The van der Waals surface area contributed by atoms with Gasteiger partial charge in [0.2, 0.25) is 0 Å². The average Bonchev–Trinajstić information content (AvgIpc) is 3.36. The minimum Gasteiger partial charge on any atom is -0.388 e. The third-order valence-electron chi connectivity index (χ3n) is 12.1. The number of aromatic nitrogens is 9. The number of hydrogen-bond acceptors (Lipinski definition) is 15. The largest absolute Gasteiger partial charge is 0.388 e. The van der Waals surface area contributed by atoms with Crippen LogP contribution >= 0.6 is 23.2 Å². The van der Waals surface area contributed by atoms with Gasteiger partial charge in [-0.15, -0.1) is 0 Å². The van der Waals surface area contributed by atoms with E-state index in [2.05, 4.69) is 55.5 Å².